The number of ether oxygens (including phenoxy) is 1. The summed E-state index contributed by atoms with van der Waals surface area (Å²) in [5.74, 6) is 1.87. The molecule has 1 spiro atoms. The zero-order chi connectivity index (χ0) is 36.2. The van der Waals surface area contributed by atoms with E-state index >= 15 is 0 Å². The Kier molecular flexibility index (Phi) is 10.3. The molecule has 6 aliphatic rings. The van der Waals surface area contributed by atoms with Crippen molar-refractivity contribution in [2.24, 2.45) is 23.7 Å². The number of hydrogen-bond acceptors (Lipinski definition) is 8. The number of halogens is 1. The van der Waals surface area contributed by atoms with Crippen molar-refractivity contribution in [2.75, 3.05) is 77.5 Å². The number of hydrogen-bond donors (Lipinski definition) is 1. The number of carbonyl (C=O) groups excluding carboxylic acids is 1. The summed E-state index contributed by atoms with van der Waals surface area (Å²) in [6, 6.07) is 12.4. The van der Waals surface area contributed by atoms with Crippen molar-refractivity contribution in [1.29, 1.82) is 0 Å². The second kappa shape index (κ2) is 14.7. The Hall–Kier alpha value is -2.37. The van der Waals surface area contributed by atoms with Crippen molar-refractivity contribution in [3.8, 4) is 5.75 Å². The van der Waals surface area contributed by atoms with Crippen LogP contribution < -0.4 is 14.4 Å². The van der Waals surface area contributed by atoms with Crippen LogP contribution in [0.15, 0.2) is 36.4 Å². The molecule has 2 aromatic carbocycles. The SMILES string of the molecule is C[C@@H]1[C@@H](C)CCC[C@@H](CN2CCN3CCN(C)C[C@@H]3C2)[C@@H]2CC[C@H]2CN2C[C@@]3(CCCc4cc(Cl)ccc43)COc3ccc(cc32)C(=O)NS1(=O)=O. The minimum absolute atomic E-state index is 0.0576. The lowest BCUT2D eigenvalue weighted by molar-refractivity contribution is -0.000936. The summed E-state index contributed by atoms with van der Waals surface area (Å²) < 4.78 is 36.3. The van der Waals surface area contributed by atoms with E-state index in [9.17, 15) is 13.2 Å². The third kappa shape index (κ3) is 7.24. The number of carbonyl (C=O) groups is 1. The second-order valence-corrected chi connectivity index (χ2v) is 19.8. The van der Waals surface area contributed by atoms with Gasteiger partial charge >= 0.3 is 0 Å². The third-order valence-corrected chi connectivity index (χ3v) is 16.2. The maximum absolute atomic E-state index is 13.6. The molecule has 11 heteroatoms. The molecule has 1 N–H and O–H groups in total. The Morgan fingerprint density at radius 1 is 0.962 bits per heavy atom. The van der Waals surface area contributed by atoms with Crippen LogP contribution >= 0.6 is 11.6 Å². The van der Waals surface area contributed by atoms with E-state index in [1.807, 2.05) is 25.1 Å². The number of likely N-dealkylation sites (N-methyl/N-ethyl adjacent to an activating group) is 1. The van der Waals surface area contributed by atoms with Gasteiger partial charge < -0.3 is 19.4 Å². The maximum atomic E-state index is 13.6. The summed E-state index contributed by atoms with van der Waals surface area (Å²) in [6.45, 7) is 14.0. The number of piperazine rings is 2. The normalized spacial score (nSPS) is 34.5. The molecule has 4 aliphatic heterocycles. The van der Waals surface area contributed by atoms with E-state index in [0.717, 1.165) is 107 Å². The van der Waals surface area contributed by atoms with Gasteiger partial charge in [-0.1, -0.05) is 31.0 Å². The first-order chi connectivity index (χ1) is 25.0. The van der Waals surface area contributed by atoms with E-state index in [0.29, 0.717) is 36.0 Å². The molecule has 0 unspecified atom stereocenters. The number of nitrogens with one attached hydrogen (secondary N) is 1. The van der Waals surface area contributed by atoms with Crippen LogP contribution in [0.2, 0.25) is 5.02 Å². The quantitative estimate of drug-likeness (QED) is 0.422. The van der Waals surface area contributed by atoms with Crippen LogP contribution in [0.25, 0.3) is 0 Å². The van der Waals surface area contributed by atoms with Crippen LogP contribution in [-0.4, -0.2) is 113 Å². The fourth-order valence-electron chi connectivity index (χ4n) is 10.6. The summed E-state index contributed by atoms with van der Waals surface area (Å²) in [5, 5.41) is 0.101. The van der Waals surface area contributed by atoms with Gasteiger partial charge in [-0.05, 0) is 124 Å². The molecule has 7 atom stereocenters. The number of sulfonamides is 1. The Labute approximate surface area is 316 Å². The highest BCUT2D eigenvalue weighted by Gasteiger charge is 2.45. The molecule has 9 nitrogen and oxygen atoms in total. The van der Waals surface area contributed by atoms with Crippen molar-refractivity contribution in [2.45, 2.75) is 81.9 Å². The number of anilines is 1. The highest BCUT2D eigenvalue weighted by Crippen LogP contribution is 2.48. The molecule has 8 rings (SSSR count). The minimum Gasteiger partial charge on any atom is -0.490 e. The number of amides is 1. The molecule has 1 amide bonds. The lowest BCUT2D eigenvalue weighted by Crippen LogP contribution is -2.62. The molecule has 3 fully saturated rings. The van der Waals surface area contributed by atoms with Gasteiger partial charge in [0.1, 0.15) is 5.75 Å². The summed E-state index contributed by atoms with van der Waals surface area (Å²) in [7, 11) is -1.61. The number of rotatable bonds is 2. The van der Waals surface area contributed by atoms with E-state index in [1.165, 1.54) is 30.5 Å². The van der Waals surface area contributed by atoms with Gasteiger partial charge in [-0.2, -0.15) is 0 Å². The van der Waals surface area contributed by atoms with Crippen molar-refractivity contribution in [3.63, 3.8) is 0 Å². The van der Waals surface area contributed by atoms with E-state index in [-0.39, 0.29) is 11.3 Å². The Morgan fingerprint density at radius 3 is 2.63 bits per heavy atom. The van der Waals surface area contributed by atoms with Crippen LogP contribution in [0.1, 0.15) is 80.3 Å². The number of nitrogens with zero attached hydrogens (tertiary/aromatic N) is 4. The highest BCUT2D eigenvalue weighted by atomic mass is 35.5. The number of aryl methyl sites for hydroxylation is 1. The molecule has 0 aromatic heterocycles. The lowest BCUT2D eigenvalue weighted by atomic mass is 9.65. The molecule has 2 aliphatic carbocycles. The van der Waals surface area contributed by atoms with Gasteiger partial charge in [0, 0.05) is 80.9 Å². The zero-order valence-corrected chi connectivity index (χ0v) is 32.9. The Bertz CT molecular complexity index is 1760. The number of benzene rings is 2. The van der Waals surface area contributed by atoms with Gasteiger partial charge in [-0.15, -0.1) is 0 Å². The first-order valence-corrected chi connectivity index (χ1v) is 21.9. The minimum atomic E-state index is -3.87. The first kappa shape index (κ1) is 36.6. The smallest absolute Gasteiger partial charge is 0.264 e. The standard InChI is InChI=1S/C41H58ClN5O4S/c1-28-6-4-7-32(22-45-17-19-46-18-16-44(3)24-35(46)25-45)36-12-9-33(36)23-47-26-41(15-5-8-30-20-34(42)11-13-37(30)41)27-51-39-14-10-31(21-38(39)47)40(48)43-52(49,50)29(28)2/h10-11,13-14,20-21,28-29,32-33,35-36H,4-9,12,15-19,22-27H2,1-3H3,(H,43,48)/t28-,29+,32-,33-,35+,36-,41-/m0/s1. The topological polar surface area (TPSA) is 85.4 Å². The van der Waals surface area contributed by atoms with E-state index in [4.69, 9.17) is 16.3 Å². The molecule has 52 heavy (non-hydrogen) atoms. The first-order valence-electron chi connectivity index (χ1n) is 20.0. The lowest BCUT2D eigenvalue weighted by Gasteiger charge is -2.50. The van der Waals surface area contributed by atoms with E-state index in [2.05, 4.69) is 43.5 Å². The summed E-state index contributed by atoms with van der Waals surface area (Å²) in [6.07, 6.45) is 8.50. The van der Waals surface area contributed by atoms with Crippen molar-refractivity contribution >= 4 is 33.2 Å². The van der Waals surface area contributed by atoms with Crippen LogP contribution in [0.5, 0.6) is 5.75 Å². The maximum Gasteiger partial charge on any atom is 0.264 e. The number of fused-ring (bicyclic) bond motifs is 5. The average molecular weight is 752 g/mol. The fourth-order valence-corrected chi connectivity index (χ4v) is 12.1. The van der Waals surface area contributed by atoms with Crippen LogP contribution in [0.4, 0.5) is 5.69 Å². The second-order valence-electron chi connectivity index (χ2n) is 17.3. The summed E-state index contributed by atoms with van der Waals surface area (Å²) in [4.78, 5) is 24.1. The molecule has 284 valence electrons. The monoisotopic (exact) mass is 751 g/mol. The third-order valence-electron chi connectivity index (χ3n) is 14.1. The molecule has 0 radical (unpaired) electrons. The summed E-state index contributed by atoms with van der Waals surface area (Å²) in [5.41, 5.74) is 3.68. The zero-order valence-electron chi connectivity index (χ0n) is 31.4. The van der Waals surface area contributed by atoms with Crippen molar-refractivity contribution < 1.29 is 17.9 Å². The summed E-state index contributed by atoms with van der Waals surface area (Å²) >= 11 is 6.51. The van der Waals surface area contributed by atoms with E-state index in [1.54, 1.807) is 13.0 Å². The van der Waals surface area contributed by atoms with E-state index < -0.39 is 21.2 Å². The Balaban J connectivity index is 1.13. The van der Waals surface area contributed by atoms with Gasteiger partial charge in [0.25, 0.3) is 5.91 Å². The fraction of sp³-hybridized carbons (Fsp3) is 0.683. The predicted octanol–water partition coefficient (Wildman–Crippen LogP) is 5.66. The average Bonchev–Trinajstić information content (AvgIpc) is 3.25. The van der Waals surface area contributed by atoms with Crippen molar-refractivity contribution in [3.05, 3.63) is 58.1 Å². The van der Waals surface area contributed by atoms with Crippen LogP contribution in [0.3, 0.4) is 0 Å². The molecule has 2 saturated heterocycles. The van der Waals surface area contributed by atoms with Gasteiger partial charge in [-0.3, -0.25) is 9.69 Å². The molecule has 1 saturated carbocycles. The van der Waals surface area contributed by atoms with Gasteiger partial charge in [-0.25, -0.2) is 13.1 Å². The highest BCUT2D eigenvalue weighted by molar-refractivity contribution is 7.90. The van der Waals surface area contributed by atoms with Crippen molar-refractivity contribution in [1.82, 2.24) is 19.4 Å². The molecule has 4 heterocycles. The van der Waals surface area contributed by atoms with Gasteiger partial charge in [0.15, 0.2) is 0 Å². The van der Waals surface area contributed by atoms with Gasteiger partial charge in [0.05, 0.1) is 17.5 Å². The molecule has 2 aromatic rings. The Morgan fingerprint density at radius 2 is 1.81 bits per heavy atom. The molecule has 2 bridgehead atoms. The predicted molar refractivity (Wildman–Crippen MR) is 208 cm³/mol. The largest absolute Gasteiger partial charge is 0.490 e. The molecular weight excluding hydrogens is 694 g/mol. The molecular formula is C41H58ClN5O4S. The van der Waals surface area contributed by atoms with Crippen LogP contribution in [0, 0.1) is 23.7 Å². The van der Waals surface area contributed by atoms with Gasteiger partial charge in [0.2, 0.25) is 10.0 Å². The van der Waals surface area contributed by atoms with Crippen LogP contribution in [-0.2, 0) is 21.9 Å².